The predicted molar refractivity (Wildman–Crippen MR) is 222 cm³/mol. The number of hydrogen-bond donors (Lipinski definition) is 1. The zero-order chi connectivity index (χ0) is 40.2. The maximum atomic E-state index is 6.98. The van der Waals surface area contributed by atoms with E-state index in [0.717, 1.165) is 27.8 Å². The van der Waals surface area contributed by atoms with Gasteiger partial charge in [-0.1, -0.05) is 151 Å². The van der Waals surface area contributed by atoms with Crippen LogP contribution in [0.25, 0.3) is 0 Å². The van der Waals surface area contributed by atoms with E-state index in [2.05, 4.69) is 31.2 Å². The molecule has 2 aliphatic rings. The van der Waals surface area contributed by atoms with Crippen LogP contribution in [0.1, 0.15) is 47.2 Å². The van der Waals surface area contributed by atoms with Gasteiger partial charge in [0, 0.05) is 6.42 Å². The van der Waals surface area contributed by atoms with Gasteiger partial charge in [0.2, 0.25) is 0 Å². The first-order chi connectivity index (χ1) is 28.3. The third kappa shape index (κ3) is 11.9. The highest BCUT2D eigenvalue weighted by atomic mass is 16.8. The van der Waals surface area contributed by atoms with E-state index in [0.29, 0.717) is 32.8 Å². The normalized spacial score (nSPS) is 24.7. The summed E-state index contributed by atoms with van der Waals surface area (Å²) in [7, 11) is 0. The summed E-state index contributed by atoms with van der Waals surface area (Å²) in [5, 5.41) is 0. The van der Waals surface area contributed by atoms with Crippen molar-refractivity contribution in [1.29, 1.82) is 0 Å². The SMILES string of the molecule is Cc1ccc(C[C@H]2OC(C)(C)O[C@H]2[C@@H](N)COC2OC(COCc3ccccc3)C(OCc3ccccc3)C(OCc3ccccc3)C2OCc2ccccc2)cc1. The van der Waals surface area contributed by atoms with Crippen LogP contribution in [0.2, 0.25) is 0 Å². The molecule has 2 N–H and O–H groups in total. The molecule has 0 amide bonds. The zero-order valence-corrected chi connectivity index (χ0v) is 33.8. The summed E-state index contributed by atoms with van der Waals surface area (Å²) in [5.41, 5.74) is 13.4. The van der Waals surface area contributed by atoms with Crippen molar-refractivity contribution in [2.24, 2.45) is 5.73 Å². The summed E-state index contributed by atoms with van der Waals surface area (Å²) >= 11 is 0. The van der Waals surface area contributed by atoms with Crippen LogP contribution in [0.15, 0.2) is 146 Å². The lowest BCUT2D eigenvalue weighted by Crippen LogP contribution is -2.62. The third-order valence-electron chi connectivity index (χ3n) is 10.5. The number of hydrogen-bond acceptors (Lipinski definition) is 9. The van der Waals surface area contributed by atoms with E-state index >= 15 is 0 Å². The van der Waals surface area contributed by atoms with Gasteiger partial charge in [0.05, 0.1) is 51.8 Å². The summed E-state index contributed by atoms with van der Waals surface area (Å²) in [6, 6.07) is 48.2. The van der Waals surface area contributed by atoms with Crippen LogP contribution in [0.4, 0.5) is 0 Å². The number of ether oxygens (including phenoxy) is 8. The van der Waals surface area contributed by atoms with Gasteiger partial charge in [-0.3, -0.25) is 0 Å². The van der Waals surface area contributed by atoms with E-state index in [1.165, 1.54) is 5.56 Å². The van der Waals surface area contributed by atoms with E-state index in [4.69, 9.17) is 43.6 Å². The molecule has 5 aromatic carbocycles. The van der Waals surface area contributed by atoms with Crippen molar-refractivity contribution < 1.29 is 37.9 Å². The molecule has 2 heterocycles. The summed E-state index contributed by atoms with van der Waals surface area (Å²) in [5.74, 6) is -0.804. The lowest BCUT2D eigenvalue weighted by atomic mass is 9.97. The van der Waals surface area contributed by atoms with Crippen molar-refractivity contribution in [3.63, 3.8) is 0 Å². The molecule has 306 valence electrons. The van der Waals surface area contributed by atoms with Crippen molar-refractivity contribution in [2.45, 2.75) is 108 Å². The second-order valence-electron chi connectivity index (χ2n) is 15.7. The fourth-order valence-corrected chi connectivity index (χ4v) is 7.52. The van der Waals surface area contributed by atoms with Gasteiger partial charge >= 0.3 is 0 Å². The predicted octanol–water partition coefficient (Wildman–Crippen LogP) is 8.10. The molecule has 8 atom stereocenters. The molecule has 0 saturated carbocycles. The molecule has 0 aliphatic carbocycles. The molecule has 9 heteroatoms. The molecule has 2 aliphatic heterocycles. The van der Waals surface area contributed by atoms with E-state index in [-0.39, 0.29) is 19.3 Å². The highest BCUT2D eigenvalue weighted by Crippen LogP contribution is 2.34. The molecule has 2 saturated heterocycles. The molecule has 58 heavy (non-hydrogen) atoms. The summed E-state index contributed by atoms with van der Waals surface area (Å²) in [6.45, 7) is 7.64. The van der Waals surface area contributed by atoms with E-state index in [9.17, 15) is 0 Å². The van der Waals surface area contributed by atoms with Gasteiger partial charge in [-0.2, -0.15) is 0 Å². The van der Waals surface area contributed by atoms with Crippen LogP contribution < -0.4 is 5.73 Å². The Kier molecular flexibility index (Phi) is 14.9. The smallest absolute Gasteiger partial charge is 0.187 e. The van der Waals surface area contributed by atoms with Gasteiger partial charge in [-0.05, 0) is 48.6 Å². The first-order valence-corrected chi connectivity index (χ1v) is 20.3. The van der Waals surface area contributed by atoms with Crippen LogP contribution in [0.5, 0.6) is 0 Å². The van der Waals surface area contributed by atoms with Gasteiger partial charge in [-0.15, -0.1) is 0 Å². The average molecular weight is 788 g/mol. The molecule has 5 unspecified atom stereocenters. The second kappa shape index (κ2) is 20.6. The highest BCUT2D eigenvalue weighted by Gasteiger charge is 2.50. The van der Waals surface area contributed by atoms with Crippen LogP contribution in [0.3, 0.4) is 0 Å². The molecular weight excluding hydrogens is 731 g/mol. The lowest BCUT2D eigenvalue weighted by molar-refractivity contribution is -0.329. The minimum absolute atomic E-state index is 0.114. The molecule has 0 radical (unpaired) electrons. The molecule has 2 fully saturated rings. The molecular formula is C49H57NO8. The van der Waals surface area contributed by atoms with Crippen LogP contribution in [0, 0.1) is 6.92 Å². The van der Waals surface area contributed by atoms with Gasteiger partial charge in [0.25, 0.3) is 0 Å². The van der Waals surface area contributed by atoms with Gasteiger partial charge < -0.3 is 43.6 Å². The minimum Gasteiger partial charge on any atom is -0.374 e. The Labute approximate surface area is 343 Å². The first-order valence-electron chi connectivity index (χ1n) is 20.3. The Morgan fingerprint density at radius 1 is 0.534 bits per heavy atom. The number of nitrogens with two attached hydrogens (primary N) is 1. The van der Waals surface area contributed by atoms with Gasteiger partial charge in [0.1, 0.15) is 30.5 Å². The fraction of sp³-hybridized carbons (Fsp3) is 0.388. The van der Waals surface area contributed by atoms with Crippen molar-refractivity contribution in [3.8, 4) is 0 Å². The topological polar surface area (TPSA) is 99.9 Å². The van der Waals surface area contributed by atoms with Crippen LogP contribution in [-0.4, -0.2) is 68.0 Å². The first kappa shape index (κ1) is 41.9. The van der Waals surface area contributed by atoms with E-state index in [1.54, 1.807) is 0 Å². The lowest BCUT2D eigenvalue weighted by Gasteiger charge is -2.46. The maximum absolute atomic E-state index is 6.98. The van der Waals surface area contributed by atoms with Gasteiger partial charge in [-0.25, -0.2) is 0 Å². The van der Waals surface area contributed by atoms with Crippen molar-refractivity contribution >= 4 is 0 Å². The van der Waals surface area contributed by atoms with Gasteiger partial charge in [0.15, 0.2) is 12.1 Å². The summed E-state index contributed by atoms with van der Waals surface area (Å²) < 4.78 is 53.3. The Bertz CT molecular complexity index is 1920. The Morgan fingerprint density at radius 2 is 1.02 bits per heavy atom. The number of rotatable bonds is 19. The van der Waals surface area contributed by atoms with E-state index in [1.807, 2.05) is 135 Å². The van der Waals surface area contributed by atoms with Crippen molar-refractivity contribution in [2.75, 3.05) is 13.2 Å². The average Bonchev–Trinajstić information content (AvgIpc) is 3.56. The minimum atomic E-state index is -0.886. The monoisotopic (exact) mass is 787 g/mol. The highest BCUT2D eigenvalue weighted by molar-refractivity contribution is 5.23. The van der Waals surface area contributed by atoms with Crippen LogP contribution >= 0.6 is 0 Å². The Hall–Kier alpha value is -4.26. The second-order valence-corrected chi connectivity index (χ2v) is 15.7. The largest absolute Gasteiger partial charge is 0.374 e. The molecule has 0 spiro atoms. The Balaban J connectivity index is 1.16. The zero-order valence-electron chi connectivity index (χ0n) is 33.8. The van der Waals surface area contributed by atoms with Crippen LogP contribution in [-0.2, 0) is 70.7 Å². The summed E-state index contributed by atoms with van der Waals surface area (Å²) in [6.07, 6.45) is -3.42. The van der Waals surface area contributed by atoms with E-state index < -0.39 is 48.6 Å². The fourth-order valence-electron chi connectivity index (χ4n) is 7.52. The molecule has 0 bridgehead atoms. The molecule has 5 aromatic rings. The third-order valence-corrected chi connectivity index (χ3v) is 10.5. The molecule has 7 rings (SSSR count). The van der Waals surface area contributed by atoms with Crippen molar-refractivity contribution in [3.05, 3.63) is 179 Å². The molecule has 0 aromatic heterocycles. The Morgan fingerprint density at radius 3 is 1.55 bits per heavy atom. The molecule has 9 nitrogen and oxygen atoms in total. The summed E-state index contributed by atoms with van der Waals surface area (Å²) in [4.78, 5) is 0. The standard InChI is InChI=1S/C49H57NO8/c1-35-24-26-36(27-25-35)28-42-44(58-49(2,3)57-42)41(50)33-55-48-47(54-32-40-22-14-7-15-23-40)46(53-31-39-20-12-6-13-21-39)45(52-30-38-18-10-5-11-19-38)43(56-48)34-51-29-37-16-8-4-9-17-37/h4-27,41-48H,28-34,50H2,1-3H3/t41-,42+,43?,44-,45?,46?,47?,48?/m0/s1. The number of aryl methyl sites for hydroxylation is 1. The van der Waals surface area contributed by atoms with Crippen molar-refractivity contribution in [1.82, 2.24) is 0 Å². The number of benzene rings is 5. The quantitative estimate of drug-likeness (QED) is 0.0891. The maximum Gasteiger partial charge on any atom is 0.187 e.